The topological polar surface area (TPSA) is 66.5 Å². The lowest BCUT2D eigenvalue weighted by Gasteiger charge is -2.23. The van der Waals surface area contributed by atoms with Crippen LogP contribution in [0.5, 0.6) is 0 Å². The first kappa shape index (κ1) is 17.1. The average molecular weight is 364 g/mol. The van der Waals surface area contributed by atoms with Gasteiger partial charge in [-0.3, -0.25) is 4.79 Å². The molecule has 1 N–H and O–H groups in total. The molecule has 1 fully saturated rings. The molecule has 1 aromatic carbocycles. The summed E-state index contributed by atoms with van der Waals surface area (Å²) in [4.78, 5) is 14.3. The van der Waals surface area contributed by atoms with Gasteiger partial charge in [0.15, 0.2) is 0 Å². The number of aryl methyl sites for hydroxylation is 1. The molecule has 1 amide bonds. The fraction of sp³-hybridized carbons (Fsp3) is 0.353. The van der Waals surface area contributed by atoms with Crippen LogP contribution in [0.15, 0.2) is 46.0 Å². The normalized spacial score (nSPS) is 14.5. The molecule has 24 heavy (non-hydrogen) atoms. The van der Waals surface area contributed by atoms with Gasteiger partial charge in [-0.05, 0) is 36.8 Å². The van der Waals surface area contributed by atoms with Gasteiger partial charge >= 0.3 is 0 Å². The predicted octanol–water partition coefficient (Wildman–Crippen LogP) is 2.53. The van der Waals surface area contributed by atoms with Gasteiger partial charge in [0.05, 0.1) is 6.54 Å². The molecule has 1 aliphatic rings. The Morgan fingerprint density at radius 3 is 2.54 bits per heavy atom. The van der Waals surface area contributed by atoms with Gasteiger partial charge in [0.1, 0.15) is 4.21 Å². The average Bonchev–Trinajstić information content (AvgIpc) is 3.24. The zero-order chi connectivity index (χ0) is 17.2. The monoisotopic (exact) mass is 364 g/mol. The van der Waals surface area contributed by atoms with Crippen LogP contribution in [-0.2, 0) is 21.4 Å². The molecular weight excluding hydrogens is 344 g/mol. The molecule has 0 bridgehead atoms. The first-order valence-electron chi connectivity index (χ1n) is 7.84. The van der Waals surface area contributed by atoms with Crippen molar-refractivity contribution >= 4 is 27.3 Å². The highest BCUT2D eigenvalue weighted by molar-refractivity contribution is 7.91. The largest absolute Gasteiger partial charge is 0.334 e. The number of thiophene rings is 1. The van der Waals surface area contributed by atoms with E-state index < -0.39 is 10.0 Å². The second-order valence-electron chi connectivity index (χ2n) is 6.00. The maximum Gasteiger partial charge on any atom is 0.250 e. The smallest absolute Gasteiger partial charge is 0.250 e. The zero-order valence-electron chi connectivity index (χ0n) is 13.4. The molecule has 1 saturated carbocycles. The molecular formula is C17H20N2O3S2. The fourth-order valence-electron chi connectivity index (χ4n) is 2.44. The minimum atomic E-state index is -3.61. The summed E-state index contributed by atoms with van der Waals surface area (Å²) < 4.78 is 26.9. The maximum absolute atomic E-state index is 12.5. The molecule has 0 aliphatic heterocycles. The van der Waals surface area contributed by atoms with Crippen LogP contribution < -0.4 is 4.72 Å². The van der Waals surface area contributed by atoms with Crippen LogP contribution in [0.25, 0.3) is 0 Å². The van der Waals surface area contributed by atoms with Crippen LogP contribution in [0.1, 0.15) is 24.0 Å². The van der Waals surface area contributed by atoms with Gasteiger partial charge in [-0.15, -0.1) is 11.3 Å². The van der Waals surface area contributed by atoms with Crippen molar-refractivity contribution < 1.29 is 13.2 Å². The molecule has 0 radical (unpaired) electrons. The molecule has 1 aromatic heterocycles. The summed E-state index contributed by atoms with van der Waals surface area (Å²) in [6, 6.07) is 11.5. The number of hydrogen-bond donors (Lipinski definition) is 1. The SMILES string of the molecule is Cc1ccc(CN(C(=O)CNS(=O)(=O)c2cccs2)C2CC2)cc1. The number of carbonyl (C=O) groups excluding carboxylic acids is 1. The second-order valence-corrected chi connectivity index (χ2v) is 8.94. The van der Waals surface area contributed by atoms with E-state index >= 15 is 0 Å². The fourth-order valence-corrected chi connectivity index (χ4v) is 4.46. The van der Waals surface area contributed by atoms with Crippen LogP contribution in [0.4, 0.5) is 0 Å². The molecule has 0 unspecified atom stereocenters. The third kappa shape index (κ3) is 4.23. The Balaban J connectivity index is 1.64. The Morgan fingerprint density at radius 1 is 1.25 bits per heavy atom. The Kier molecular flexibility index (Phi) is 5.03. The number of nitrogens with one attached hydrogen (secondary N) is 1. The Bertz CT molecular complexity index is 795. The number of amides is 1. The van der Waals surface area contributed by atoms with Gasteiger partial charge in [-0.2, -0.15) is 0 Å². The summed E-state index contributed by atoms with van der Waals surface area (Å²) in [7, 11) is -3.61. The number of nitrogens with zero attached hydrogens (tertiary/aromatic N) is 1. The summed E-state index contributed by atoms with van der Waals surface area (Å²) in [5.41, 5.74) is 2.23. The Morgan fingerprint density at radius 2 is 1.96 bits per heavy atom. The highest BCUT2D eigenvalue weighted by Crippen LogP contribution is 2.28. The van der Waals surface area contributed by atoms with Crippen molar-refractivity contribution in [3.05, 3.63) is 52.9 Å². The van der Waals surface area contributed by atoms with E-state index in [-0.39, 0.29) is 22.7 Å². The van der Waals surface area contributed by atoms with Crippen LogP contribution in [0.3, 0.4) is 0 Å². The van der Waals surface area contributed by atoms with Gasteiger partial charge in [-0.25, -0.2) is 13.1 Å². The number of benzene rings is 1. The van der Waals surface area contributed by atoms with Crippen LogP contribution in [0, 0.1) is 6.92 Å². The lowest BCUT2D eigenvalue weighted by atomic mass is 10.1. The van der Waals surface area contributed by atoms with Gasteiger partial charge in [-0.1, -0.05) is 35.9 Å². The molecule has 0 atom stereocenters. The summed E-state index contributed by atoms with van der Waals surface area (Å²) >= 11 is 1.14. The van der Waals surface area contributed by atoms with E-state index in [4.69, 9.17) is 0 Å². The Hall–Kier alpha value is -1.70. The molecule has 128 valence electrons. The summed E-state index contributed by atoms with van der Waals surface area (Å²) in [6.07, 6.45) is 1.96. The molecule has 2 aromatic rings. The third-order valence-electron chi connectivity index (χ3n) is 3.95. The van der Waals surface area contributed by atoms with Crippen molar-refractivity contribution in [3.8, 4) is 0 Å². The molecule has 7 heteroatoms. The quantitative estimate of drug-likeness (QED) is 0.821. The minimum Gasteiger partial charge on any atom is -0.334 e. The van der Waals surface area contributed by atoms with Crippen molar-refractivity contribution in [2.45, 2.75) is 36.6 Å². The van der Waals surface area contributed by atoms with Crippen LogP contribution >= 0.6 is 11.3 Å². The highest BCUT2D eigenvalue weighted by Gasteiger charge is 2.33. The van der Waals surface area contributed by atoms with E-state index in [2.05, 4.69) is 4.72 Å². The van der Waals surface area contributed by atoms with Gasteiger partial charge in [0, 0.05) is 12.6 Å². The van der Waals surface area contributed by atoms with Gasteiger partial charge in [0.25, 0.3) is 10.0 Å². The van der Waals surface area contributed by atoms with Gasteiger partial charge in [0.2, 0.25) is 5.91 Å². The lowest BCUT2D eigenvalue weighted by molar-refractivity contribution is -0.131. The molecule has 1 aliphatic carbocycles. The standard InChI is InChI=1S/C17H20N2O3S2/c1-13-4-6-14(7-5-13)12-19(15-8-9-15)16(20)11-18-24(21,22)17-3-2-10-23-17/h2-7,10,15,18H,8-9,11-12H2,1H3. The number of hydrogen-bond acceptors (Lipinski definition) is 4. The molecule has 5 nitrogen and oxygen atoms in total. The highest BCUT2D eigenvalue weighted by atomic mass is 32.2. The van der Waals surface area contributed by atoms with Crippen molar-refractivity contribution in [2.75, 3.05) is 6.54 Å². The second kappa shape index (κ2) is 7.04. The zero-order valence-corrected chi connectivity index (χ0v) is 15.1. The van der Waals surface area contributed by atoms with Crippen molar-refractivity contribution in [1.29, 1.82) is 0 Å². The van der Waals surface area contributed by atoms with Crippen LogP contribution in [-0.4, -0.2) is 31.8 Å². The number of sulfonamides is 1. The van der Waals surface area contributed by atoms with E-state index in [1.165, 1.54) is 11.6 Å². The van der Waals surface area contributed by atoms with E-state index in [0.29, 0.717) is 6.54 Å². The predicted molar refractivity (Wildman–Crippen MR) is 94.3 cm³/mol. The Labute approximate surface area is 146 Å². The molecule has 0 spiro atoms. The van der Waals surface area contributed by atoms with Crippen molar-refractivity contribution in [3.63, 3.8) is 0 Å². The molecule has 1 heterocycles. The van der Waals surface area contributed by atoms with Crippen molar-refractivity contribution in [1.82, 2.24) is 9.62 Å². The summed E-state index contributed by atoms with van der Waals surface area (Å²) in [6.45, 7) is 2.33. The van der Waals surface area contributed by atoms with Crippen LogP contribution in [0.2, 0.25) is 0 Å². The van der Waals surface area contributed by atoms with E-state index in [1.807, 2.05) is 31.2 Å². The maximum atomic E-state index is 12.5. The van der Waals surface area contributed by atoms with E-state index in [1.54, 1.807) is 16.3 Å². The van der Waals surface area contributed by atoms with Crippen molar-refractivity contribution in [2.24, 2.45) is 0 Å². The first-order valence-corrected chi connectivity index (χ1v) is 10.2. The molecule has 0 saturated heterocycles. The number of rotatable bonds is 7. The first-order chi connectivity index (χ1) is 11.5. The minimum absolute atomic E-state index is 0.182. The third-order valence-corrected chi connectivity index (χ3v) is 6.75. The van der Waals surface area contributed by atoms with E-state index in [9.17, 15) is 13.2 Å². The summed E-state index contributed by atoms with van der Waals surface area (Å²) in [5, 5.41) is 1.70. The molecule has 3 rings (SSSR count). The van der Waals surface area contributed by atoms with Gasteiger partial charge < -0.3 is 4.90 Å². The summed E-state index contributed by atoms with van der Waals surface area (Å²) in [5.74, 6) is -0.182. The van der Waals surface area contributed by atoms with E-state index in [0.717, 1.165) is 29.7 Å². The number of carbonyl (C=O) groups is 1. The lowest BCUT2D eigenvalue weighted by Crippen LogP contribution is -2.40.